The lowest BCUT2D eigenvalue weighted by Gasteiger charge is -2.31. The van der Waals surface area contributed by atoms with E-state index in [1.807, 2.05) is 52.0 Å². The van der Waals surface area contributed by atoms with Crippen molar-refractivity contribution in [3.63, 3.8) is 0 Å². The topological polar surface area (TPSA) is 58.6 Å². The van der Waals surface area contributed by atoms with Crippen LogP contribution in [-0.2, 0) is 16.1 Å². The number of carbonyl (C=O) groups excluding carboxylic acids is 2. The van der Waals surface area contributed by atoms with E-state index in [1.165, 1.54) is 4.90 Å². The molecule has 0 spiro atoms. The summed E-state index contributed by atoms with van der Waals surface area (Å²) in [5.41, 5.74) is 1.65. The maximum Gasteiger partial charge on any atom is 0.261 e. The van der Waals surface area contributed by atoms with E-state index in [0.29, 0.717) is 27.8 Å². The Kier molecular flexibility index (Phi) is 9.66. The standard InChI is InChI=1S/C24H30Cl2N2O3/c1-5-17(4)27-24(30)21(6-2)28(14-18-11-12-19(25)13-20(18)26)23(29)15-31-22-10-8-7-9-16(22)3/h7-13,17,21H,5-6,14-15H2,1-4H3,(H,27,30)/t17-,21-/m1/s1. The molecule has 2 atom stereocenters. The van der Waals surface area contributed by atoms with E-state index in [-0.39, 0.29) is 31.0 Å². The lowest BCUT2D eigenvalue weighted by Crippen LogP contribution is -2.51. The summed E-state index contributed by atoms with van der Waals surface area (Å²) in [6.07, 6.45) is 1.26. The van der Waals surface area contributed by atoms with E-state index in [9.17, 15) is 9.59 Å². The Morgan fingerprint density at radius 2 is 1.81 bits per heavy atom. The van der Waals surface area contributed by atoms with Crippen molar-refractivity contribution in [2.24, 2.45) is 0 Å². The van der Waals surface area contributed by atoms with Gasteiger partial charge in [-0.15, -0.1) is 0 Å². The molecule has 0 fully saturated rings. The number of para-hydroxylation sites is 1. The highest BCUT2D eigenvalue weighted by molar-refractivity contribution is 6.35. The van der Waals surface area contributed by atoms with E-state index in [1.54, 1.807) is 18.2 Å². The molecule has 0 radical (unpaired) electrons. The molecule has 168 valence electrons. The first-order chi connectivity index (χ1) is 14.8. The molecule has 0 aromatic heterocycles. The fraction of sp³-hybridized carbons (Fsp3) is 0.417. The minimum absolute atomic E-state index is 0.0147. The fourth-order valence-electron chi connectivity index (χ4n) is 3.13. The lowest BCUT2D eigenvalue weighted by molar-refractivity contribution is -0.143. The number of aryl methyl sites for hydroxylation is 1. The molecule has 0 bridgehead atoms. The summed E-state index contributed by atoms with van der Waals surface area (Å²) < 4.78 is 5.77. The van der Waals surface area contributed by atoms with Crippen LogP contribution in [0, 0.1) is 6.92 Å². The Balaban J connectivity index is 2.27. The smallest absolute Gasteiger partial charge is 0.261 e. The van der Waals surface area contributed by atoms with Gasteiger partial charge in [-0.1, -0.05) is 61.3 Å². The van der Waals surface area contributed by atoms with Gasteiger partial charge >= 0.3 is 0 Å². The van der Waals surface area contributed by atoms with Crippen LogP contribution in [0.2, 0.25) is 10.0 Å². The van der Waals surface area contributed by atoms with Gasteiger partial charge in [0.25, 0.3) is 5.91 Å². The Morgan fingerprint density at radius 1 is 1.10 bits per heavy atom. The SMILES string of the molecule is CC[C@@H](C)NC(=O)[C@@H](CC)N(Cc1ccc(Cl)cc1Cl)C(=O)COc1ccccc1C. The van der Waals surface area contributed by atoms with E-state index in [2.05, 4.69) is 5.32 Å². The maximum absolute atomic E-state index is 13.2. The Hall–Kier alpha value is -2.24. The number of nitrogens with one attached hydrogen (secondary N) is 1. The number of amides is 2. The number of rotatable bonds is 10. The first kappa shape index (κ1) is 25.0. The predicted octanol–water partition coefficient (Wildman–Crippen LogP) is 5.40. The van der Waals surface area contributed by atoms with Gasteiger partial charge in [0.15, 0.2) is 6.61 Å². The van der Waals surface area contributed by atoms with Crippen LogP contribution in [0.15, 0.2) is 42.5 Å². The molecule has 31 heavy (non-hydrogen) atoms. The highest BCUT2D eigenvalue weighted by atomic mass is 35.5. The summed E-state index contributed by atoms with van der Waals surface area (Å²) in [5.74, 6) is 0.157. The largest absolute Gasteiger partial charge is 0.484 e. The molecule has 0 aliphatic rings. The second-order valence-electron chi connectivity index (χ2n) is 7.55. The molecule has 2 amide bonds. The van der Waals surface area contributed by atoms with Crippen molar-refractivity contribution in [3.8, 4) is 5.75 Å². The molecule has 2 rings (SSSR count). The molecule has 0 unspecified atom stereocenters. The predicted molar refractivity (Wildman–Crippen MR) is 126 cm³/mol. The lowest BCUT2D eigenvalue weighted by atomic mass is 10.1. The summed E-state index contributed by atoms with van der Waals surface area (Å²) in [5, 5.41) is 3.94. The zero-order chi connectivity index (χ0) is 23.0. The second kappa shape index (κ2) is 12.0. The first-order valence-electron chi connectivity index (χ1n) is 10.5. The summed E-state index contributed by atoms with van der Waals surface area (Å²) in [6, 6.07) is 12.0. The molecule has 0 saturated carbocycles. The molecule has 7 heteroatoms. The van der Waals surface area contributed by atoms with Crippen molar-refractivity contribution in [3.05, 3.63) is 63.6 Å². The number of carbonyl (C=O) groups is 2. The molecular formula is C24H30Cl2N2O3. The van der Waals surface area contributed by atoms with Gasteiger partial charge in [0.05, 0.1) is 0 Å². The quantitative estimate of drug-likeness (QED) is 0.511. The summed E-state index contributed by atoms with van der Waals surface area (Å²) in [7, 11) is 0. The molecular weight excluding hydrogens is 435 g/mol. The van der Waals surface area contributed by atoms with Gasteiger partial charge in [-0.25, -0.2) is 0 Å². The first-order valence-corrected chi connectivity index (χ1v) is 11.2. The number of nitrogens with zero attached hydrogens (tertiary/aromatic N) is 1. The number of ether oxygens (including phenoxy) is 1. The zero-order valence-electron chi connectivity index (χ0n) is 18.5. The molecule has 0 saturated heterocycles. The molecule has 1 N–H and O–H groups in total. The number of hydrogen-bond acceptors (Lipinski definition) is 3. The normalized spacial score (nSPS) is 12.7. The van der Waals surface area contributed by atoms with Gasteiger partial charge in [0, 0.05) is 22.6 Å². The third-order valence-electron chi connectivity index (χ3n) is 5.19. The van der Waals surface area contributed by atoms with Crippen molar-refractivity contribution in [2.75, 3.05) is 6.61 Å². The van der Waals surface area contributed by atoms with Crippen LogP contribution in [0.25, 0.3) is 0 Å². The summed E-state index contributed by atoms with van der Waals surface area (Å²) >= 11 is 12.4. The zero-order valence-corrected chi connectivity index (χ0v) is 20.0. The number of halogens is 2. The Bertz CT molecular complexity index is 904. The van der Waals surface area contributed by atoms with Gasteiger partial charge in [-0.3, -0.25) is 9.59 Å². The molecule has 2 aromatic carbocycles. The maximum atomic E-state index is 13.2. The van der Waals surface area contributed by atoms with Crippen molar-refractivity contribution in [2.45, 2.75) is 59.2 Å². The van der Waals surface area contributed by atoms with Crippen molar-refractivity contribution in [1.29, 1.82) is 0 Å². The number of benzene rings is 2. The minimum Gasteiger partial charge on any atom is -0.484 e. The van der Waals surface area contributed by atoms with Crippen LogP contribution in [0.5, 0.6) is 5.75 Å². The molecule has 5 nitrogen and oxygen atoms in total. The van der Waals surface area contributed by atoms with Crippen molar-refractivity contribution >= 4 is 35.0 Å². The van der Waals surface area contributed by atoms with E-state index < -0.39 is 6.04 Å². The van der Waals surface area contributed by atoms with Crippen molar-refractivity contribution < 1.29 is 14.3 Å². The average Bonchev–Trinajstić information content (AvgIpc) is 2.74. The van der Waals surface area contributed by atoms with E-state index >= 15 is 0 Å². The monoisotopic (exact) mass is 464 g/mol. The summed E-state index contributed by atoms with van der Waals surface area (Å²) in [6.45, 7) is 7.74. The molecule has 0 aliphatic carbocycles. The highest BCUT2D eigenvalue weighted by Crippen LogP contribution is 2.24. The van der Waals surface area contributed by atoms with E-state index in [0.717, 1.165) is 12.0 Å². The Morgan fingerprint density at radius 3 is 2.42 bits per heavy atom. The van der Waals surface area contributed by atoms with Crippen LogP contribution >= 0.6 is 23.2 Å². The minimum atomic E-state index is -0.645. The van der Waals surface area contributed by atoms with Crippen LogP contribution < -0.4 is 10.1 Å². The van der Waals surface area contributed by atoms with Crippen LogP contribution in [0.3, 0.4) is 0 Å². The second-order valence-corrected chi connectivity index (χ2v) is 8.40. The van der Waals surface area contributed by atoms with Gasteiger partial charge in [-0.05, 0) is 56.0 Å². The van der Waals surface area contributed by atoms with Crippen LogP contribution in [-0.4, -0.2) is 35.4 Å². The van der Waals surface area contributed by atoms with Gasteiger partial charge in [0.1, 0.15) is 11.8 Å². The average molecular weight is 465 g/mol. The van der Waals surface area contributed by atoms with Gasteiger partial charge in [-0.2, -0.15) is 0 Å². The molecule has 0 heterocycles. The Labute approximate surface area is 194 Å². The third-order valence-corrected chi connectivity index (χ3v) is 5.77. The fourth-order valence-corrected chi connectivity index (χ4v) is 3.60. The third kappa shape index (κ3) is 7.15. The molecule has 0 aliphatic heterocycles. The molecule has 2 aromatic rings. The highest BCUT2D eigenvalue weighted by Gasteiger charge is 2.30. The summed E-state index contributed by atoms with van der Waals surface area (Å²) in [4.78, 5) is 27.7. The van der Waals surface area contributed by atoms with Crippen LogP contribution in [0.1, 0.15) is 44.7 Å². The number of hydrogen-bond donors (Lipinski definition) is 1. The van der Waals surface area contributed by atoms with Gasteiger partial charge in [0.2, 0.25) is 5.91 Å². The van der Waals surface area contributed by atoms with E-state index in [4.69, 9.17) is 27.9 Å². The van der Waals surface area contributed by atoms with Crippen LogP contribution in [0.4, 0.5) is 0 Å². The van der Waals surface area contributed by atoms with Gasteiger partial charge < -0.3 is 15.0 Å². The van der Waals surface area contributed by atoms with Crippen molar-refractivity contribution in [1.82, 2.24) is 10.2 Å².